The zero-order valence-corrected chi connectivity index (χ0v) is 19.0. The number of carbonyl (C=O) groups excluding carboxylic acids is 2. The molecule has 0 radical (unpaired) electrons. The van der Waals surface area contributed by atoms with Crippen molar-refractivity contribution < 1.29 is 19.5 Å². The topological polar surface area (TPSA) is 79.6 Å². The number of hydrogen-bond acceptors (Lipinski definition) is 4. The van der Waals surface area contributed by atoms with Gasteiger partial charge < -0.3 is 9.67 Å². The van der Waals surface area contributed by atoms with Crippen LogP contribution in [0.25, 0.3) is 0 Å². The number of fused-ring (bicyclic) bond motifs is 5. The van der Waals surface area contributed by atoms with Gasteiger partial charge in [-0.25, -0.2) is 0 Å². The molecule has 0 bridgehead atoms. The van der Waals surface area contributed by atoms with Crippen LogP contribution in [-0.4, -0.2) is 45.2 Å². The Kier molecular flexibility index (Phi) is 5.05. The number of likely N-dealkylation sites (N-methyl/N-ethyl adjacent to an activating group) is 1. The molecule has 2 atom stereocenters. The normalized spacial score (nSPS) is 17.3. The second-order valence-corrected chi connectivity index (χ2v) is 8.74. The number of rotatable bonds is 5. The molecule has 0 saturated carbocycles. The number of nitrogens with zero attached hydrogens (tertiary/aromatic N) is 2. The van der Waals surface area contributed by atoms with Gasteiger partial charge in [0, 0.05) is 35.5 Å². The van der Waals surface area contributed by atoms with Crippen LogP contribution in [0.1, 0.15) is 87.0 Å². The van der Waals surface area contributed by atoms with Gasteiger partial charge in [0.25, 0.3) is 0 Å². The van der Waals surface area contributed by atoms with Gasteiger partial charge in [-0.1, -0.05) is 63.2 Å². The predicted molar refractivity (Wildman–Crippen MR) is 124 cm³/mol. The Hall–Kier alpha value is -3.51. The lowest BCUT2D eigenvalue weighted by molar-refractivity contribution is -0.143. The van der Waals surface area contributed by atoms with Crippen molar-refractivity contribution in [1.82, 2.24) is 9.47 Å². The molecule has 2 unspecified atom stereocenters. The number of hydrogen-bond donors (Lipinski definition) is 1. The molecular weight excluding hydrogens is 416 g/mol. The van der Waals surface area contributed by atoms with Crippen molar-refractivity contribution in [1.29, 1.82) is 0 Å². The smallest absolute Gasteiger partial charge is 0.325 e. The molecule has 0 saturated heterocycles. The molecule has 1 N–H and O–H groups in total. The van der Waals surface area contributed by atoms with E-state index in [-0.39, 0.29) is 23.0 Å². The standard InChI is InChI=1S/C27H26N2O4/c1-4-28(5-2)24(27(32)33)18-11-8-12-19-21(18)26(31)20-14-29-13-16-9-6-7-10-17(16)15(3)23(29)22(20)25(19)30/h6-12,14-15,24H,4-5,13H2,1-3H3,(H,32,33). The fourth-order valence-corrected chi connectivity index (χ4v) is 5.59. The Balaban J connectivity index is 1.70. The minimum absolute atomic E-state index is 0.0253. The van der Waals surface area contributed by atoms with Crippen LogP contribution in [0.15, 0.2) is 48.7 Å². The van der Waals surface area contributed by atoms with Gasteiger partial charge in [-0.05, 0) is 29.8 Å². The summed E-state index contributed by atoms with van der Waals surface area (Å²) in [6.45, 7) is 7.47. The highest BCUT2D eigenvalue weighted by molar-refractivity contribution is 6.29. The fraction of sp³-hybridized carbons (Fsp3) is 0.296. The van der Waals surface area contributed by atoms with Crippen LogP contribution in [0, 0.1) is 0 Å². The second kappa shape index (κ2) is 7.81. The van der Waals surface area contributed by atoms with Crippen molar-refractivity contribution in [3.8, 4) is 0 Å². The lowest BCUT2D eigenvalue weighted by Gasteiger charge is -2.30. The first-order chi connectivity index (χ1) is 15.9. The molecule has 0 fully saturated rings. The molecule has 6 heteroatoms. The van der Waals surface area contributed by atoms with Gasteiger partial charge in [-0.2, -0.15) is 0 Å². The summed E-state index contributed by atoms with van der Waals surface area (Å²) in [5, 5.41) is 10.0. The minimum atomic E-state index is -1.03. The molecule has 3 aromatic rings. The Bertz CT molecular complexity index is 1320. The number of aliphatic carboxylic acids is 1. The quantitative estimate of drug-likeness (QED) is 0.500. The second-order valence-electron chi connectivity index (χ2n) is 8.74. The third-order valence-electron chi connectivity index (χ3n) is 7.14. The fourth-order valence-electron chi connectivity index (χ4n) is 5.59. The number of ketones is 2. The van der Waals surface area contributed by atoms with E-state index in [1.165, 1.54) is 5.56 Å². The van der Waals surface area contributed by atoms with E-state index in [2.05, 4.69) is 19.1 Å². The Labute approximate surface area is 192 Å². The summed E-state index contributed by atoms with van der Waals surface area (Å²) in [6.07, 6.45) is 1.78. The predicted octanol–water partition coefficient (Wildman–Crippen LogP) is 4.24. The minimum Gasteiger partial charge on any atom is -0.480 e. The molecule has 33 heavy (non-hydrogen) atoms. The van der Waals surface area contributed by atoms with Gasteiger partial charge in [-0.15, -0.1) is 0 Å². The van der Waals surface area contributed by atoms with Gasteiger partial charge in [0.1, 0.15) is 6.04 Å². The van der Waals surface area contributed by atoms with E-state index < -0.39 is 12.0 Å². The zero-order chi connectivity index (χ0) is 23.4. The first-order valence-electron chi connectivity index (χ1n) is 11.4. The third-order valence-corrected chi connectivity index (χ3v) is 7.14. The molecule has 6 nitrogen and oxygen atoms in total. The number of carboxylic acid groups (broad SMARTS) is 1. The highest BCUT2D eigenvalue weighted by Crippen LogP contribution is 2.42. The van der Waals surface area contributed by atoms with Crippen molar-refractivity contribution >= 4 is 17.5 Å². The summed E-state index contributed by atoms with van der Waals surface area (Å²) in [4.78, 5) is 41.6. The zero-order valence-electron chi connectivity index (χ0n) is 19.0. The highest BCUT2D eigenvalue weighted by Gasteiger charge is 2.41. The summed E-state index contributed by atoms with van der Waals surface area (Å²) in [5.74, 6) is -1.53. The maximum atomic E-state index is 13.8. The van der Waals surface area contributed by atoms with Crippen molar-refractivity contribution in [3.05, 3.63) is 93.3 Å². The van der Waals surface area contributed by atoms with E-state index in [4.69, 9.17) is 0 Å². The first-order valence-corrected chi connectivity index (χ1v) is 11.4. The van der Waals surface area contributed by atoms with Crippen LogP contribution in [-0.2, 0) is 11.3 Å². The third kappa shape index (κ3) is 3.01. The van der Waals surface area contributed by atoms with E-state index >= 15 is 0 Å². The van der Waals surface area contributed by atoms with Crippen molar-refractivity contribution in [3.63, 3.8) is 0 Å². The van der Waals surface area contributed by atoms with E-state index in [1.54, 1.807) is 29.3 Å². The largest absolute Gasteiger partial charge is 0.480 e. The van der Waals surface area contributed by atoms with E-state index in [1.807, 2.05) is 30.5 Å². The molecule has 2 aliphatic rings. The highest BCUT2D eigenvalue weighted by atomic mass is 16.4. The molecule has 1 aliphatic carbocycles. The van der Waals surface area contributed by atoms with Crippen molar-refractivity contribution in [2.24, 2.45) is 0 Å². The molecular formula is C27H26N2O4. The average Bonchev–Trinajstić information content (AvgIpc) is 3.20. The molecule has 2 heterocycles. The van der Waals surface area contributed by atoms with Crippen molar-refractivity contribution in [2.45, 2.75) is 39.3 Å². The lowest BCUT2D eigenvalue weighted by atomic mass is 9.79. The molecule has 5 rings (SSSR count). The summed E-state index contributed by atoms with van der Waals surface area (Å²) in [5.41, 5.74) is 4.93. The van der Waals surface area contributed by atoms with Crippen LogP contribution >= 0.6 is 0 Å². The number of carbonyl (C=O) groups is 3. The molecule has 0 amide bonds. The summed E-state index contributed by atoms with van der Waals surface area (Å²) in [7, 11) is 0. The molecule has 168 valence electrons. The summed E-state index contributed by atoms with van der Waals surface area (Å²) < 4.78 is 2.01. The van der Waals surface area contributed by atoms with E-state index in [0.717, 1.165) is 11.3 Å². The summed E-state index contributed by atoms with van der Waals surface area (Å²) in [6, 6.07) is 12.2. The number of carboxylic acids is 1. The lowest BCUT2D eigenvalue weighted by Crippen LogP contribution is -2.36. The molecule has 1 aliphatic heterocycles. The maximum Gasteiger partial charge on any atom is 0.325 e. The average molecular weight is 443 g/mol. The van der Waals surface area contributed by atoms with Crippen LogP contribution in [0.4, 0.5) is 0 Å². The van der Waals surface area contributed by atoms with Crippen LogP contribution in [0.5, 0.6) is 0 Å². The van der Waals surface area contributed by atoms with Gasteiger partial charge in [0.15, 0.2) is 11.6 Å². The Morgan fingerprint density at radius 3 is 2.42 bits per heavy atom. The van der Waals surface area contributed by atoms with Gasteiger partial charge in [0.05, 0.1) is 11.1 Å². The number of aromatic nitrogens is 1. The Morgan fingerprint density at radius 1 is 1.03 bits per heavy atom. The summed E-state index contributed by atoms with van der Waals surface area (Å²) >= 11 is 0. The monoisotopic (exact) mass is 442 g/mol. The Morgan fingerprint density at radius 2 is 1.73 bits per heavy atom. The van der Waals surface area contributed by atoms with Crippen LogP contribution < -0.4 is 0 Å². The van der Waals surface area contributed by atoms with Gasteiger partial charge in [0.2, 0.25) is 0 Å². The first kappa shape index (κ1) is 21.3. The maximum absolute atomic E-state index is 13.8. The SMILES string of the molecule is CCN(CC)C(C(=O)O)c1cccc2c1C(=O)c1cn3c(c1C2=O)C(C)c1ccccc1C3. The van der Waals surface area contributed by atoms with Gasteiger partial charge >= 0.3 is 5.97 Å². The van der Waals surface area contributed by atoms with E-state index in [0.29, 0.717) is 41.9 Å². The number of benzene rings is 2. The van der Waals surface area contributed by atoms with E-state index in [9.17, 15) is 19.5 Å². The molecule has 0 spiro atoms. The van der Waals surface area contributed by atoms with Crippen molar-refractivity contribution in [2.75, 3.05) is 13.1 Å². The van der Waals surface area contributed by atoms with Crippen LogP contribution in [0.2, 0.25) is 0 Å². The van der Waals surface area contributed by atoms with Gasteiger partial charge in [-0.3, -0.25) is 19.3 Å². The molecule has 2 aromatic carbocycles. The van der Waals surface area contributed by atoms with Crippen LogP contribution in [0.3, 0.4) is 0 Å². The molecule has 1 aromatic heterocycles.